The number of carbonyl (C=O) groups is 3. The summed E-state index contributed by atoms with van der Waals surface area (Å²) >= 11 is 0. The van der Waals surface area contributed by atoms with Gasteiger partial charge >= 0.3 is 0 Å². The number of carbonyl (C=O) groups excluding carboxylic acids is 3. The van der Waals surface area contributed by atoms with Crippen molar-refractivity contribution in [3.05, 3.63) is 42.0 Å². The Balaban J connectivity index is 1.61. The molecule has 10 nitrogen and oxygen atoms in total. The molecule has 2 aromatic carbocycles. The molecule has 0 saturated carbocycles. The van der Waals surface area contributed by atoms with Gasteiger partial charge in [0.25, 0.3) is 11.8 Å². The second-order valence-corrected chi connectivity index (χ2v) is 6.88. The van der Waals surface area contributed by atoms with Gasteiger partial charge in [0.15, 0.2) is 17.6 Å². The van der Waals surface area contributed by atoms with Gasteiger partial charge in [0, 0.05) is 18.5 Å². The number of hydrogen-bond acceptors (Lipinski definition) is 7. The predicted molar refractivity (Wildman–Crippen MR) is 115 cm³/mol. The van der Waals surface area contributed by atoms with E-state index in [2.05, 4.69) is 10.9 Å². The zero-order chi connectivity index (χ0) is 23.3. The fourth-order valence-electron chi connectivity index (χ4n) is 3.28. The minimum absolute atomic E-state index is 0.0255. The monoisotopic (exact) mass is 443 g/mol. The van der Waals surface area contributed by atoms with Crippen molar-refractivity contribution in [1.82, 2.24) is 10.9 Å². The maximum Gasteiger partial charge on any atom is 0.269 e. The van der Waals surface area contributed by atoms with Crippen LogP contribution in [0, 0.1) is 0 Å². The van der Waals surface area contributed by atoms with Crippen molar-refractivity contribution in [1.29, 1.82) is 0 Å². The number of nitrogens with zero attached hydrogens (tertiary/aromatic N) is 1. The van der Waals surface area contributed by atoms with Gasteiger partial charge in [-0.05, 0) is 31.2 Å². The van der Waals surface area contributed by atoms with Crippen LogP contribution in [0.1, 0.15) is 23.7 Å². The van der Waals surface area contributed by atoms with Crippen LogP contribution in [-0.2, 0) is 9.59 Å². The number of rotatable bonds is 7. The molecule has 1 aliphatic rings. The summed E-state index contributed by atoms with van der Waals surface area (Å²) in [5.41, 5.74) is 5.50. The Labute approximate surface area is 185 Å². The van der Waals surface area contributed by atoms with Gasteiger partial charge in [0.1, 0.15) is 5.75 Å². The lowest BCUT2D eigenvalue weighted by Crippen LogP contribution is -2.47. The molecule has 1 atom stereocenters. The number of fused-ring (bicyclic) bond motifs is 1. The fraction of sp³-hybridized carbons (Fsp3) is 0.318. The zero-order valence-corrected chi connectivity index (χ0v) is 18.3. The molecule has 1 unspecified atom stereocenters. The fourth-order valence-corrected chi connectivity index (χ4v) is 3.28. The minimum Gasteiger partial charge on any atom is -0.493 e. The highest BCUT2D eigenvalue weighted by Gasteiger charge is 2.31. The van der Waals surface area contributed by atoms with Crippen molar-refractivity contribution in [3.63, 3.8) is 0 Å². The van der Waals surface area contributed by atoms with Crippen molar-refractivity contribution in [2.75, 3.05) is 32.8 Å². The van der Waals surface area contributed by atoms with Gasteiger partial charge in [-0.2, -0.15) is 0 Å². The Kier molecular flexibility index (Phi) is 7.04. The van der Waals surface area contributed by atoms with Crippen LogP contribution in [0.25, 0.3) is 0 Å². The first-order chi connectivity index (χ1) is 15.4. The predicted octanol–water partition coefficient (Wildman–Crippen LogP) is 1.68. The largest absolute Gasteiger partial charge is 0.493 e. The topological polar surface area (TPSA) is 115 Å². The number of methoxy groups -OCH3 is 3. The molecule has 2 N–H and O–H groups in total. The van der Waals surface area contributed by atoms with Gasteiger partial charge < -0.3 is 23.8 Å². The molecule has 0 radical (unpaired) electrons. The molecule has 1 aliphatic heterocycles. The van der Waals surface area contributed by atoms with E-state index >= 15 is 0 Å². The van der Waals surface area contributed by atoms with Crippen molar-refractivity contribution in [2.45, 2.75) is 19.4 Å². The van der Waals surface area contributed by atoms with Crippen LogP contribution >= 0.6 is 0 Å². The summed E-state index contributed by atoms with van der Waals surface area (Å²) in [5, 5.41) is 0. The number of hydrazine groups is 1. The van der Waals surface area contributed by atoms with Gasteiger partial charge in [-0.15, -0.1) is 0 Å². The standard InChI is InChI=1S/C22H25N3O7/c1-13-22(28)25(15-7-5-6-8-16(15)32-13)10-9-19(26)23-24-21(27)14-11-17(29-2)20(31-4)18(12-14)30-3/h5-8,11-13H,9-10H2,1-4H3,(H,23,26)(H,24,27). The Bertz CT molecular complexity index is 999. The van der Waals surface area contributed by atoms with E-state index in [1.165, 1.54) is 38.4 Å². The molecule has 0 aliphatic carbocycles. The number of nitrogens with one attached hydrogen (secondary N) is 2. The van der Waals surface area contributed by atoms with E-state index in [0.717, 1.165) is 0 Å². The van der Waals surface area contributed by atoms with E-state index in [-0.39, 0.29) is 24.4 Å². The third-order valence-corrected chi connectivity index (χ3v) is 4.88. The van der Waals surface area contributed by atoms with Gasteiger partial charge in [-0.1, -0.05) is 12.1 Å². The van der Waals surface area contributed by atoms with Crippen LogP contribution in [0.2, 0.25) is 0 Å². The lowest BCUT2D eigenvalue weighted by Gasteiger charge is -2.32. The molecular formula is C22H25N3O7. The van der Waals surface area contributed by atoms with E-state index in [1.54, 1.807) is 25.1 Å². The number of amides is 3. The molecule has 32 heavy (non-hydrogen) atoms. The Morgan fingerprint density at radius 1 is 1.03 bits per heavy atom. The molecule has 1 heterocycles. The van der Waals surface area contributed by atoms with Crippen molar-refractivity contribution in [2.24, 2.45) is 0 Å². The maximum absolute atomic E-state index is 12.5. The van der Waals surface area contributed by atoms with Crippen LogP contribution in [0.5, 0.6) is 23.0 Å². The normalized spacial score (nSPS) is 14.7. The highest BCUT2D eigenvalue weighted by molar-refractivity contribution is 6.00. The summed E-state index contributed by atoms with van der Waals surface area (Å²) < 4.78 is 21.3. The number of anilines is 1. The molecule has 3 amide bonds. The summed E-state index contributed by atoms with van der Waals surface area (Å²) in [6.07, 6.45) is -0.671. The van der Waals surface area contributed by atoms with Gasteiger partial charge in [0.2, 0.25) is 11.7 Å². The summed E-state index contributed by atoms with van der Waals surface area (Å²) in [6, 6.07) is 10.1. The second-order valence-electron chi connectivity index (χ2n) is 6.88. The first-order valence-electron chi connectivity index (χ1n) is 9.85. The molecule has 0 spiro atoms. The SMILES string of the molecule is COc1cc(C(=O)NNC(=O)CCN2C(=O)C(C)Oc3ccccc32)cc(OC)c1OC. The summed E-state index contributed by atoms with van der Waals surface area (Å²) in [6.45, 7) is 1.79. The van der Waals surface area contributed by atoms with Crippen LogP contribution in [0.3, 0.4) is 0 Å². The third kappa shape index (κ3) is 4.69. The summed E-state index contributed by atoms with van der Waals surface area (Å²) in [7, 11) is 4.33. The van der Waals surface area contributed by atoms with Crippen LogP contribution < -0.4 is 34.7 Å². The van der Waals surface area contributed by atoms with E-state index in [0.29, 0.717) is 28.7 Å². The Hall–Kier alpha value is -3.95. The van der Waals surface area contributed by atoms with Gasteiger partial charge in [-0.3, -0.25) is 25.2 Å². The molecule has 3 rings (SSSR count). The molecular weight excluding hydrogens is 418 g/mol. The van der Waals surface area contributed by atoms with E-state index in [1.807, 2.05) is 6.07 Å². The molecule has 10 heteroatoms. The lowest BCUT2D eigenvalue weighted by molar-refractivity contribution is -0.125. The highest BCUT2D eigenvalue weighted by atomic mass is 16.5. The average molecular weight is 443 g/mol. The maximum atomic E-state index is 12.5. The number of benzene rings is 2. The van der Waals surface area contributed by atoms with Crippen molar-refractivity contribution < 1.29 is 33.3 Å². The summed E-state index contributed by atoms with van der Waals surface area (Å²) in [4.78, 5) is 38.8. The highest BCUT2D eigenvalue weighted by Crippen LogP contribution is 2.38. The molecule has 0 aromatic heterocycles. The van der Waals surface area contributed by atoms with E-state index in [4.69, 9.17) is 18.9 Å². The van der Waals surface area contributed by atoms with E-state index in [9.17, 15) is 14.4 Å². The smallest absolute Gasteiger partial charge is 0.269 e. The van der Waals surface area contributed by atoms with Crippen molar-refractivity contribution in [3.8, 4) is 23.0 Å². The molecule has 2 aromatic rings. The summed E-state index contributed by atoms with van der Waals surface area (Å²) in [5.74, 6) is 0.270. The molecule has 0 fully saturated rings. The van der Waals surface area contributed by atoms with Crippen LogP contribution in [0.15, 0.2) is 36.4 Å². The second kappa shape index (κ2) is 9.90. The minimum atomic E-state index is -0.646. The molecule has 0 saturated heterocycles. The van der Waals surface area contributed by atoms with Gasteiger partial charge in [-0.25, -0.2) is 0 Å². The lowest BCUT2D eigenvalue weighted by atomic mass is 10.1. The quantitative estimate of drug-likeness (QED) is 0.626. The number of hydrogen-bond donors (Lipinski definition) is 2. The first-order valence-corrected chi connectivity index (χ1v) is 9.85. The van der Waals surface area contributed by atoms with E-state index < -0.39 is 17.9 Å². The number of ether oxygens (including phenoxy) is 4. The first kappa shape index (κ1) is 22.7. The molecule has 0 bridgehead atoms. The molecule has 170 valence electrons. The Morgan fingerprint density at radius 2 is 1.69 bits per heavy atom. The Morgan fingerprint density at radius 3 is 2.31 bits per heavy atom. The number of para-hydroxylation sites is 2. The van der Waals surface area contributed by atoms with Crippen LogP contribution in [-0.4, -0.2) is 51.7 Å². The third-order valence-electron chi connectivity index (χ3n) is 4.88. The van der Waals surface area contributed by atoms with Crippen LogP contribution in [0.4, 0.5) is 5.69 Å². The average Bonchev–Trinajstić information content (AvgIpc) is 2.81. The van der Waals surface area contributed by atoms with Crippen molar-refractivity contribution >= 4 is 23.4 Å². The van der Waals surface area contributed by atoms with Gasteiger partial charge in [0.05, 0.1) is 27.0 Å². The zero-order valence-electron chi connectivity index (χ0n) is 18.3.